The lowest BCUT2D eigenvalue weighted by Gasteiger charge is -2.42. The van der Waals surface area contributed by atoms with Crippen LogP contribution >= 0.6 is 0 Å². The van der Waals surface area contributed by atoms with Gasteiger partial charge in [-0.3, -0.25) is 0 Å². The van der Waals surface area contributed by atoms with Gasteiger partial charge in [-0.05, 0) is 81.1 Å². The molecule has 2 nitrogen and oxygen atoms in total. The van der Waals surface area contributed by atoms with E-state index in [1.54, 1.807) is 0 Å². The maximum atomic E-state index is 6.80. The Hall–Kier alpha value is -0.0800. The molecule has 2 saturated carbocycles. The van der Waals surface area contributed by atoms with Crippen LogP contribution in [0.25, 0.3) is 0 Å². The van der Waals surface area contributed by atoms with Gasteiger partial charge in [0.1, 0.15) is 0 Å². The van der Waals surface area contributed by atoms with E-state index in [1.807, 2.05) is 0 Å². The smallest absolute Gasteiger partial charge is 0.0653 e. The topological polar surface area (TPSA) is 21.3 Å². The zero-order valence-corrected chi connectivity index (χ0v) is 15.5. The molecule has 4 aliphatic rings. The normalized spacial score (nSPS) is 50.6. The zero-order chi connectivity index (χ0) is 16.0. The first-order valence-electron chi connectivity index (χ1n) is 10.5. The van der Waals surface area contributed by atoms with Crippen molar-refractivity contribution in [3.8, 4) is 0 Å². The number of fused-ring (bicyclic) bond motifs is 3. The molecule has 1 N–H and O–H groups in total. The Morgan fingerprint density at radius 3 is 2.48 bits per heavy atom. The first-order valence-corrected chi connectivity index (χ1v) is 10.5. The lowest BCUT2D eigenvalue weighted by molar-refractivity contribution is -0.0466. The summed E-state index contributed by atoms with van der Waals surface area (Å²) in [4.78, 5) is 0. The highest BCUT2D eigenvalue weighted by Crippen LogP contribution is 2.52. The molecule has 0 radical (unpaired) electrons. The van der Waals surface area contributed by atoms with Gasteiger partial charge >= 0.3 is 0 Å². The number of hydrogen-bond acceptors (Lipinski definition) is 2. The predicted octanol–water partition coefficient (Wildman–Crippen LogP) is 4.63. The second-order valence-electron chi connectivity index (χ2n) is 9.58. The van der Waals surface area contributed by atoms with Crippen LogP contribution in [0.5, 0.6) is 0 Å². The molecule has 2 heteroatoms. The Bertz CT molecular complexity index is 401. The van der Waals surface area contributed by atoms with E-state index < -0.39 is 0 Å². The SMILES string of the molecule is CC1CCC(C2CCCC3C4CCC(C(C)C)CC4OC23)NC1. The third-order valence-corrected chi connectivity index (χ3v) is 7.84. The minimum absolute atomic E-state index is 0.579. The molecule has 0 amide bonds. The average molecular weight is 320 g/mol. The van der Waals surface area contributed by atoms with Gasteiger partial charge in [0, 0.05) is 12.0 Å². The van der Waals surface area contributed by atoms with E-state index in [4.69, 9.17) is 4.74 Å². The van der Waals surface area contributed by atoms with Crippen molar-refractivity contribution in [1.29, 1.82) is 0 Å². The standard InChI is InChI=1S/C21H37NO/c1-13(2)15-8-9-16-17-5-4-6-18(21(17)23-20(16)11-15)19-10-7-14(3)12-22-19/h13-22H,4-12H2,1-3H3. The van der Waals surface area contributed by atoms with Crippen LogP contribution < -0.4 is 5.32 Å². The number of piperidine rings is 1. The Morgan fingerprint density at radius 2 is 1.74 bits per heavy atom. The van der Waals surface area contributed by atoms with E-state index >= 15 is 0 Å². The third kappa shape index (κ3) is 3.11. The summed E-state index contributed by atoms with van der Waals surface area (Å²) >= 11 is 0. The summed E-state index contributed by atoms with van der Waals surface area (Å²) in [7, 11) is 0. The first kappa shape index (κ1) is 16.4. The van der Waals surface area contributed by atoms with Crippen LogP contribution in [0.2, 0.25) is 0 Å². The number of rotatable bonds is 2. The van der Waals surface area contributed by atoms with Crippen molar-refractivity contribution in [2.45, 2.75) is 90.4 Å². The molecule has 4 fully saturated rings. The van der Waals surface area contributed by atoms with Crippen LogP contribution in [-0.4, -0.2) is 24.8 Å². The van der Waals surface area contributed by atoms with E-state index in [9.17, 15) is 0 Å². The van der Waals surface area contributed by atoms with E-state index in [0.717, 1.165) is 41.5 Å². The van der Waals surface area contributed by atoms with Crippen molar-refractivity contribution in [3.63, 3.8) is 0 Å². The molecule has 23 heavy (non-hydrogen) atoms. The Balaban J connectivity index is 1.45. The average Bonchev–Trinajstić information content (AvgIpc) is 2.93. The summed E-state index contributed by atoms with van der Waals surface area (Å²) in [5.41, 5.74) is 0. The van der Waals surface area contributed by atoms with Crippen molar-refractivity contribution in [2.75, 3.05) is 6.54 Å². The van der Waals surface area contributed by atoms with Crippen LogP contribution in [0.1, 0.15) is 72.1 Å². The van der Waals surface area contributed by atoms with Crippen molar-refractivity contribution in [1.82, 2.24) is 5.32 Å². The largest absolute Gasteiger partial charge is 0.374 e. The summed E-state index contributed by atoms with van der Waals surface area (Å²) in [6, 6.07) is 0.736. The fourth-order valence-electron chi connectivity index (χ4n) is 6.35. The molecule has 0 bridgehead atoms. The summed E-state index contributed by atoms with van der Waals surface area (Å²) in [6.45, 7) is 8.42. The molecule has 0 spiro atoms. The maximum Gasteiger partial charge on any atom is 0.0653 e. The highest BCUT2D eigenvalue weighted by atomic mass is 16.5. The lowest BCUT2D eigenvalue weighted by atomic mass is 9.66. The van der Waals surface area contributed by atoms with Crippen LogP contribution in [0.15, 0.2) is 0 Å². The molecule has 8 atom stereocenters. The number of nitrogens with one attached hydrogen (secondary N) is 1. The summed E-state index contributed by atoms with van der Waals surface area (Å²) < 4.78 is 6.80. The fraction of sp³-hybridized carbons (Fsp3) is 1.00. The van der Waals surface area contributed by atoms with Gasteiger partial charge in [-0.25, -0.2) is 0 Å². The maximum absolute atomic E-state index is 6.80. The minimum Gasteiger partial charge on any atom is -0.374 e. The quantitative estimate of drug-likeness (QED) is 0.801. The molecular weight excluding hydrogens is 282 g/mol. The van der Waals surface area contributed by atoms with Crippen molar-refractivity contribution in [3.05, 3.63) is 0 Å². The molecule has 8 unspecified atom stereocenters. The van der Waals surface area contributed by atoms with Crippen LogP contribution in [0.3, 0.4) is 0 Å². The Kier molecular flexibility index (Phi) is 4.75. The fourth-order valence-corrected chi connectivity index (χ4v) is 6.35. The molecule has 0 aromatic carbocycles. The van der Waals surface area contributed by atoms with Gasteiger partial charge in [0.25, 0.3) is 0 Å². The van der Waals surface area contributed by atoms with E-state index in [-0.39, 0.29) is 0 Å². The van der Waals surface area contributed by atoms with Crippen molar-refractivity contribution < 1.29 is 4.74 Å². The number of hydrogen-bond donors (Lipinski definition) is 1. The van der Waals surface area contributed by atoms with Crippen molar-refractivity contribution >= 4 is 0 Å². The first-order chi connectivity index (χ1) is 11.1. The van der Waals surface area contributed by atoms with Gasteiger partial charge in [-0.1, -0.05) is 27.2 Å². The molecule has 2 aliphatic heterocycles. The Labute approximate surface area is 143 Å². The summed E-state index contributed by atoms with van der Waals surface area (Å²) in [5.74, 6) is 5.17. The minimum atomic E-state index is 0.579. The highest BCUT2D eigenvalue weighted by Gasteiger charge is 2.52. The van der Waals surface area contributed by atoms with E-state index in [2.05, 4.69) is 26.1 Å². The molecule has 2 heterocycles. The lowest BCUT2D eigenvalue weighted by Crippen LogP contribution is -2.49. The molecular formula is C21H37NO. The van der Waals surface area contributed by atoms with Gasteiger partial charge in [-0.15, -0.1) is 0 Å². The summed E-state index contributed by atoms with van der Waals surface area (Å²) in [5, 5.41) is 3.88. The van der Waals surface area contributed by atoms with Gasteiger partial charge in [-0.2, -0.15) is 0 Å². The summed E-state index contributed by atoms with van der Waals surface area (Å²) in [6.07, 6.45) is 12.5. The van der Waals surface area contributed by atoms with Gasteiger partial charge in [0.2, 0.25) is 0 Å². The second-order valence-corrected chi connectivity index (χ2v) is 9.58. The molecule has 0 aromatic heterocycles. The monoisotopic (exact) mass is 319 g/mol. The van der Waals surface area contributed by atoms with E-state index in [0.29, 0.717) is 12.2 Å². The molecule has 2 aliphatic carbocycles. The molecule has 2 saturated heterocycles. The van der Waals surface area contributed by atoms with Gasteiger partial charge < -0.3 is 10.1 Å². The highest BCUT2D eigenvalue weighted by molar-refractivity contribution is 5.01. The van der Waals surface area contributed by atoms with Crippen LogP contribution in [0.4, 0.5) is 0 Å². The van der Waals surface area contributed by atoms with Gasteiger partial charge in [0.15, 0.2) is 0 Å². The van der Waals surface area contributed by atoms with Gasteiger partial charge in [0.05, 0.1) is 12.2 Å². The van der Waals surface area contributed by atoms with E-state index in [1.165, 1.54) is 57.9 Å². The predicted molar refractivity (Wildman–Crippen MR) is 95.3 cm³/mol. The van der Waals surface area contributed by atoms with Crippen molar-refractivity contribution in [2.24, 2.45) is 35.5 Å². The second kappa shape index (κ2) is 6.67. The van der Waals surface area contributed by atoms with Crippen LogP contribution in [-0.2, 0) is 4.74 Å². The molecule has 132 valence electrons. The zero-order valence-electron chi connectivity index (χ0n) is 15.5. The molecule has 4 rings (SSSR count). The Morgan fingerprint density at radius 1 is 0.913 bits per heavy atom. The molecule has 0 aromatic rings. The van der Waals surface area contributed by atoms with Crippen LogP contribution in [0, 0.1) is 35.5 Å². The third-order valence-electron chi connectivity index (χ3n) is 7.84. The number of ether oxygens (including phenoxy) is 1.